The molecule has 0 nitrogen and oxygen atoms in total. The predicted molar refractivity (Wildman–Crippen MR) is 315 cm³/mol. The summed E-state index contributed by atoms with van der Waals surface area (Å²) in [7, 11) is 0. The summed E-state index contributed by atoms with van der Waals surface area (Å²) < 4.78 is 0. The number of hydrogen-bond donors (Lipinski definition) is 0. The van der Waals surface area contributed by atoms with Gasteiger partial charge in [0.15, 0.2) is 0 Å². The fraction of sp³-hybridized carbons (Fsp3) is 1.00. The molecule has 0 amide bonds. The third kappa shape index (κ3) is 10.7. The Kier molecular flexibility index (Phi) is 18.3. The minimum atomic E-state index is 1.07. The van der Waals surface area contributed by atoms with E-state index in [1.165, 1.54) is 0 Å². The monoisotopic (exact) mass is 1010 g/mol. The van der Waals surface area contributed by atoms with Gasteiger partial charge in [-0.2, -0.15) is 0 Å². The van der Waals surface area contributed by atoms with Crippen LogP contribution >= 0.6 is 0 Å². The quantitative estimate of drug-likeness (QED) is 0.205. The fourth-order valence-corrected chi connectivity index (χ4v) is 27.1. The molecule has 0 heteroatoms. The summed E-state index contributed by atoms with van der Waals surface area (Å²) >= 11 is 0. The molecule has 13 aliphatic carbocycles. The molecule has 0 aromatic heterocycles. The van der Waals surface area contributed by atoms with Crippen molar-refractivity contribution in [2.24, 2.45) is 142 Å². The number of rotatable bonds is 10. The molecule has 13 rings (SSSR count). The molecule has 0 aromatic rings. The van der Waals surface area contributed by atoms with Gasteiger partial charge in [0.1, 0.15) is 0 Å². The van der Waals surface area contributed by atoms with Crippen LogP contribution in [0.5, 0.6) is 0 Å². The van der Waals surface area contributed by atoms with E-state index in [0.717, 1.165) is 142 Å². The van der Waals surface area contributed by atoms with E-state index in [0.29, 0.717) is 0 Å². The van der Waals surface area contributed by atoms with E-state index >= 15 is 0 Å². The maximum Gasteiger partial charge on any atom is -0.0312 e. The second kappa shape index (κ2) is 25.4. The standard InChI is InChI=1S/C74H124/c1-11-31-51(32-12-1)61-62(52-33-13-2-14-34-52)66(56-41-21-6-22-42-56)72-70(60-49-29-10-30-50-60)74-68(58-45-25-8-26-46-58)64(54-37-17-4-18-38-54)63(53-35-15-3-16-36-53)67(57-43-23-7-24-44-57)73(74)69(59-47-27-9-28-48-59)71(72)65(61)55-39-19-5-20-40-55/h51-74H,1-50H2. The molecular formula is C74H124. The summed E-state index contributed by atoms with van der Waals surface area (Å²) in [4.78, 5) is 0. The van der Waals surface area contributed by atoms with Gasteiger partial charge in [-0.3, -0.25) is 0 Å². The van der Waals surface area contributed by atoms with Crippen LogP contribution in [0, 0.1) is 142 Å². The van der Waals surface area contributed by atoms with Crippen molar-refractivity contribution in [2.45, 2.75) is 321 Å². The first kappa shape index (κ1) is 53.3. The van der Waals surface area contributed by atoms with Crippen LogP contribution < -0.4 is 0 Å². The second-order valence-electron chi connectivity index (χ2n) is 32.1. The van der Waals surface area contributed by atoms with Crippen LogP contribution in [0.3, 0.4) is 0 Å². The van der Waals surface area contributed by atoms with Crippen molar-refractivity contribution in [1.82, 2.24) is 0 Å². The van der Waals surface area contributed by atoms with Gasteiger partial charge in [0, 0.05) is 0 Å². The highest BCUT2D eigenvalue weighted by atomic mass is 14.8. The Labute approximate surface area is 460 Å². The molecule has 13 fully saturated rings. The van der Waals surface area contributed by atoms with E-state index in [1.807, 2.05) is 0 Å². The highest BCUT2D eigenvalue weighted by Gasteiger charge is 2.71. The Balaban J connectivity index is 1.10. The molecule has 420 valence electrons. The highest BCUT2D eigenvalue weighted by Crippen LogP contribution is 2.76. The maximum absolute atomic E-state index is 1.67. The van der Waals surface area contributed by atoms with Crippen molar-refractivity contribution in [1.29, 1.82) is 0 Å². The zero-order valence-corrected chi connectivity index (χ0v) is 49.2. The zero-order valence-electron chi connectivity index (χ0n) is 49.2. The Morgan fingerprint density at radius 2 is 0.162 bits per heavy atom. The second-order valence-corrected chi connectivity index (χ2v) is 32.1. The van der Waals surface area contributed by atoms with Gasteiger partial charge >= 0.3 is 0 Å². The number of hydrogen-bond acceptors (Lipinski definition) is 0. The topological polar surface area (TPSA) is 0 Å². The highest BCUT2D eigenvalue weighted by molar-refractivity contribution is 5.19. The van der Waals surface area contributed by atoms with Crippen molar-refractivity contribution in [2.75, 3.05) is 0 Å². The average Bonchev–Trinajstić information content (AvgIpc) is 3.56. The molecule has 0 spiro atoms. The van der Waals surface area contributed by atoms with E-state index in [1.54, 1.807) is 321 Å². The molecule has 12 unspecified atom stereocenters. The van der Waals surface area contributed by atoms with Crippen LogP contribution in [0.25, 0.3) is 0 Å². The minimum absolute atomic E-state index is 1.07. The number of fused-ring (bicyclic) bond motifs is 2. The largest absolute Gasteiger partial charge is 0.0533 e. The lowest BCUT2D eigenvalue weighted by atomic mass is 9.30. The van der Waals surface area contributed by atoms with E-state index < -0.39 is 0 Å². The van der Waals surface area contributed by atoms with Gasteiger partial charge in [0.2, 0.25) is 0 Å². The van der Waals surface area contributed by atoms with Crippen LogP contribution in [0.15, 0.2) is 0 Å². The molecule has 13 aliphatic rings. The van der Waals surface area contributed by atoms with Gasteiger partial charge in [0.05, 0.1) is 0 Å². The lowest BCUT2D eigenvalue weighted by Crippen LogP contribution is -2.70. The third-order valence-corrected chi connectivity index (χ3v) is 29.1. The first-order valence-corrected chi connectivity index (χ1v) is 36.8. The van der Waals surface area contributed by atoms with Crippen LogP contribution in [0.1, 0.15) is 321 Å². The van der Waals surface area contributed by atoms with Crippen molar-refractivity contribution in [3.8, 4) is 0 Å². The molecule has 0 saturated heterocycles. The molecule has 0 heterocycles. The summed E-state index contributed by atoms with van der Waals surface area (Å²) in [6, 6.07) is 0. The van der Waals surface area contributed by atoms with E-state index in [9.17, 15) is 0 Å². The van der Waals surface area contributed by atoms with Crippen molar-refractivity contribution in [3.63, 3.8) is 0 Å². The zero-order chi connectivity index (χ0) is 49.2. The average molecular weight is 1010 g/mol. The van der Waals surface area contributed by atoms with Crippen molar-refractivity contribution >= 4 is 0 Å². The molecular weight excluding hydrogens is 889 g/mol. The lowest BCUT2D eigenvalue weighted by molar-refractivity contribution is -0.268. The van der Waals surface area contributed by atoms with Crippen molar-refractivity contribution < 1.29 is 0 Å². The molecule has 0 bridgehead atoms. The van der Waals surface area contributed by atoms with E-state index in [-0.39, 0.29) is 0 Å². The van der Waals surface area contributed by atoms with E-state index in [2.05, 4.69) is 0 Å². The van der Waals surface area contributed by atoms with Gasteiger partial charge in [-0.15, -0.1) is 0 Å². The molecule has 0 aliphatic heterocycles. The lowest BCUT2D eigenvalue weighted by Gasteiger charge is -2.74. The summed E-state index contributed by atoms with van der Waals surface area (Å²) in [5, 5.41) is 0. The molecule has 74 heavy (non-hydrogen) atoms. The van der Waals surface area contributed by atoms with Gasteiger partial charge in [-0.25, -0.2) is 0 Å². The van der Waals surface area contributed by atoms with Gasteiger partial charge in [-0.1, -0.05) is 321 Å². The Morgan fingerprint density at radius 3 is 0.270 bits per heavy atom. The Bertz CT molecular complexity index is 1410. The molecule has 0 aromatic carbocycles. The van der Waals surface area contributed by atoms with Crippen LogP contribution in [-0.4, -0.2) is 0 Å². The maximum atomic E-state index is 1.67. The van der Waals surface area contributed by atoms with Crippen LogP contribution in [0.2, 0.25) is 0 Å². The fourth-order valence-electron chi connectivity index (χ4n) is 27.1. The SMILES string of the molecule is C1CCC(C2C(C3CCCCC3)C(C3CCCCC3)C3C(C4CCCCC4)C4C(C5CCCCC5)C(C5CCCCC5)C(C5CCCCC5)C(C5CCCCC5)C4C(C4CCCCC4)C3C2C2CCCCC2)CC1. The van der Waals surface area contributed by atoms with Crippen molar-refractivity contribution in [3.05, 3.63) is 0 Å². The molecule has 0 N–H and O–H groups in total. The van der Waals surface area contributed by atoms with Crippen LogP contribution in [-0.2, 0) is 0 Å². The summed E-state index contributed by atoms with van der Waals surface area (Å²) in [5.74, 6) is 26.1. The smallest absolute Gasteiger partial charge is 0.0312 e. The summed E-state index contributed by atoms with van der Waals surface area (Å²) in [6.07, 6.45) is 80.9. The summed E-state index contributed by atoms with van der Waals surface area (Å²) in [6.45, 7) is 0. The Hall–Kier alpha value is 0. The first-order chi connectivity index (χ1) is 36.8. The van der Waals surface area contributed by atoms with Crippen LogP contribution in [0.4, 0.5) is 0 Å². The van der Waals surface area contributed by atoms with Gasteiger partial charge in [0.25, 0.3) is 0 Å². The molecule has 13 saturated carbocycles. The normalized spacial score (nSPS) is 43.9. The Morgan fingerprint density at radius 1 is 0.0811 bits per heavy atom. The van der Waals surface area contributed by atoms with Gasteiger partial charge < -0.3 is 0 Å². The van der Waals surface area contributed by atoms with E-state index in [4.69, 9.17) is 0 Å². The predicted octanol–water partition coefficient (Wildman–Crippen LogP) is 22.5. The molecule has 12 atom stereocenters. The minimum Gasteiger partial charge on any atom is -0.0533 e. The molecule has 0 radical (unpaired) electrons. The summed E-state index contributed by atoms with van der Waals surface area (Å²) in [5.41, 5.74) is 0. The third-order valence-electron chi connectivity index (χ3n) is 29.1. The van der Waals surface area contributed by atoms with Gasteiger partial charge in [-0.05, 0) is 142 Å². The first-order valence-electron chi connectivity index (χ1n) is 36.8.